The molecular formula is C28H26N2O6. The Bertz CT molecular complexity index is 1220. The summed E-state index contributed by atoms with van der Waals surface area (Å²) in [5.74, 6) is -0.608. The predicted octanol–water partition coefficient (Wildman–Crippen LogP) is 4.44. The highest BCUT2D eigenvalue weighted by Gasteiger charge is 2.39. The number of cyclic esters (lactones) is 1. The Balaban J connectivity index is 1.14. The fourth-order valence-corrected chi connectivity index (χ4v) is 4.66. The average Bonchev–Trinajstić information content (AvgIpc) is 3.44. The van der Waals surface area contributed by atoms with Crippen LogP contribution in [0.25, 0.3) is 11.1 Å². The monoisotopic (exact) mass is 486 g/mol. The van der Waals surface area contributed by atoms with Crippen molar-refractivity contribution in [3.63, 3.8) is 0 Å². The predicted molar refractivity (Wildman–Crippen MR) is 131 cm³/mol. The van der Waals surface area contributed by atoms with E-state index in [0.717, 1.165) is 27.8 Å². The Morgan fingerprint density at radius 1 is 0.889 bits per heavy atom. The molecule has 2 aliphatic rings. The first-order valence-corrected chi connectivity index (χ1v) is 11.8. The van der Waals surface area contributed by atoms with Gasteiger partial charge in [0.25, 0.3) is 0 Å². The molecule has 184 valence electrons. The minimum Gasteiger partial charge on any atom is -0.448 e. The van der Waals surface area contributed by atoms with E-state index in [-0.39, 0.29) is 38.8 Å². The second-order valence-corrected chi connectivity index (χ2v) is 8.66. The van der Waals surface area contributed by atoms with Crippen LogP contribution in [0.4, 0.5) is 9.59 Å². The van der Waals surface area contributed by atoms with Crippen LogP contribution in [0.1, 0.15) is 29.0 Å². The maximum absolute atomic E-state index is 12.9. The molecule has 1 aliphatic heterocycles. The molecule has 1 N–H and O–H groups in total. The van der Waals surface area contributed by atoms with Gasteiger partial charge in [0.15, 0.2) is 6.73 Å². The molecule has 0 unspecified atom stereocenters. The van der Waals surface area contributed by atoms with Crippen LogP contribution in [0.15, 0.2) is 78.9 Å². The lowest BCUT2D eigenvalue weighted by Gasteiger charge is -2.21. The zero-order valence-electron chi connectivity index (χ0n) is 19.6. The second-order valence-electron chi connectivity index (χ2n) is 8.66. The minimum absolute atomic E-state index is 0.0833. The molecule has 0 radical (unpaired) electrons. The van der Waals surface area contributed by atoms with Gasteiger partial charge in [0, 0.05) is 12.5 Å². The quantitative estimate of drug-likeness (QED) is 0.392. The maximum atomic E-state index is 12.9. The number of fused-ring (bicyclic) bond motifs is 3. The normalized spacial score (nSPS) is 16.2. The van der Waals surface area contributed by atoms with Crippen LogP contribution in [0.3, 0.4) is 0 Å². The van der Waals surface area contributed by atoms with E-state index in [0.29, 0.717) is 0 Å². The van der Waals surface area contributed by atoms with Crippen molar-refractivity contribution < 1.29 is 28.6 Å². The van der Waals surface area contributed by atoms with Crippen LogP contribution in [-0.2, 0) is 25.6 Å². The molecule has 1 fully saturated rings. The van der Waals surface area contributed by atoms with Gasteiger partial charge in [0.2, 0.25) is 0 Å². The molecule has 3 aromatic rings. The van der Waals surface area contributed by atoms with Crippen LogP contribution < -0.4 is 5.32 Å². The Labute approximate surface area is 208 Å². The fourth-order valence-electron chi connectivity index (χ4n) is 4.66. The van der Waals surface area contributed by atoms with E-state index in [1.54, 1.807) is 0 Å². The SMILES string of the molecule is O=C(NCC[C@H]1C(=O)OCN1C(=O)OCC1c2ccccc2-c2ccccc21)OCc1ccccc1. The smallest absolute Gasteiger partial charge is 0.413 e. The van der Waals surface area contributed by atoms with E-state index in [9.17, 15) is 14.4 Å². The lowest BCUT2D eigenvalue weighted by molar-refractivity contribution is -0.139. The molecule has 8 heteroatoms. The highest BCUT2D eigenvalue weighted by molar-refractivity contribution is 5.84. The van der Waals surface area contributed by atoms with Crippen molar-refractivity contribution in [2.45, 2.75) is 25.0 Å². The van der Waals surface area contributed by atoms with E-state index in [2.05, 4.69) is 17.4 Å². The molecule has 0 aromatic heterocycles. The molecule has 1 atom stereocenters. The van der Waals surface area contributed by atoms with Gasteiger partial charge in [-0.1, -0.05) is 78.9 Å². The largest absolute Gasteiger partial charge is 0.448 e. The molecule has 0 bridgehead atoms. The molecule has 8 nitrogen and oxygen atoms in total. The lowest BCUT2D eigenvalue weighted by atomic mass is 9.98. The number of alkyl carbamates (subject to hydrolysis) is 1. The van der Waals surface area contributed by atoms with Gasteiger partial charge in [0.1, 0.15) is 19.3 Å². The summed E-state index contributed by atoms with van der Waals surface area (Å²) in [4.78, 5) is 38.4. The van der Waals surface area contributed by atoms with Crippen LogP contribution in [-0.4, -0.2) is 49.0 Å². The summed E-state index contributed by atoms with van der Waals surface area (Å²) in [5, 5.41) is 2.61. The Kier molecular flexibility index (Phi) is 6.84. The van der Waals surface area contributed by atoms with E-state index in [1.165, 1.54) is 4.90 Å². The summed E-state index contributed by atoms with van der Waals surface area (Å²) >= 11 is 0. The molecule has 2 amide bonds. The second kappa shape index (κ2) is 10.5. The van der Waals surface area contributed by atoms with Crippen molar-refractivity contribution in [1.29, 1.82) is 0 Å². The first-order chi connectivity index (χ1) is 17.6. The first kappa shape index (κ1) is 23.4. The van der Waals surface area contributed by atoms with Gasteiger partial charge in [-0.05, 0) is 34.2 Å². The van der Waals surface area contributed by atoms with Gasteiger partial charge in [-0.3, -0.25) is 4.90 Å². The third-order valence-electron chi connectivity index (χ3n) is 6.46. The summed E-state index contributed by atoms with van der Waals surface area (Å²) in [7, 11) is 0. The Hall–Kier alpha value is -4.33. The van der Waals surface area contributed by atoms with Gasteiger partial charge in [-0.2, -0.15) is 0 Å². The minimum atomic E-state index is -0.838. The summed E-state index contributed by atoms with van der Waals surface area (Å²) in [6.45, 7) is 0.248. The molecule has 5 rings (SSSR count). The van der Waals surface area contributed by atoms with E-state index < -0.39 is 24.2 Å². The van der Waals surface area contributed by atoms with Crippen LogP contribution in [0.2, 0.25) is 0 Å². The van der Waals surface area contributed by atoms with Crippen molar-refractivity contribution in [2.75, 3.05) is 19.9 Å². The average molecular weight is 487 g/mol. The number of carbonyl (C=O) groups is 3. The van der Waals surface area contributed by atoms with E-state index in [1.807, 2.05) is 66.7 Å². The summed E-state index contributed by atoms with van der Waals surface area (Å²) < 4.78 is 15.9. The number of benzene rings is 3. The van der Waals surface area contributed by atoms with Gasteiger partial charge < -0.3 is 19.5 Å². The number of nitrogens with one attached hydrogen (secondary N) is 1. The molecule has 1 heterocycles. The number of nitrogens with zero attached hydrogens (tertiary/aromatic N) is 1. The molecule has 0 spiro atoms. The van der Waals surface area contributed by atoms with Crippen molar-refractivity contribution in [3.05, 3.63) is 95.6 Å². The van der Waals surface area contributed by atoms with Crippen molar-refractivity contribution >= 4 is 18.2 Å². The van der Waals surface area contributed by atoms with Crippen molar-refractivity contribution in [1.82, 2.24) is 10.2 Å². The van der Waals surface area contributed by atoms with E-state index >= 15 is 0 Å². The summed E-state index contributed by atoms with van der Waals surface area (Å²) in [5.41, 5.74) is 5.35. The molecule has 36 heavy (non-hydrogen) atoms. The van der Waals surface area contributed by atoms with Crippen LogP contribution in [0, 0.1) is 0 Å². The fraction of sp³-hybridized carbons (Fsp3) is 0.250. The highest BCUT2D eigenvalue weighted by Crippen LogP contribution is 2.44. The van der Waals surface area contributed by atoms with Crippen molar-refractivity contribution in [3.8, 4) is 11.1 Å². The number of amides is 2. The third-order valence-corrected chi connectivity index (χ3v) is 6.46. The van der Waals surface area contributed by atoms with E-state index in [4.69, 9.17) is 14.2 Å². The number of hydrogen-bond donors (Lipinski definition) is 1. The topological polar surface area (TPSA) is 94.2 Å². The standard InChI is InChI=1S/C28H26N2O6/c31-26-25(14-15-29-27(32)34-16-19-8-2-1-3-9-19)30(18-36-26)28(33)35-17-24-22-12-6-4-10-20(22)21-11-5-7-13-23(21)24/h1-13,24-25H,14-18H2,(H,29,32)/t25-/m0/s1. The Morgan fingerprint density at radius 2 is 1.53 bits per heavy atom. The van der Waals surface area contributed by atoms with Gasteiger partial charge >= 0.3 is 18.2 Å². The zero-order chi connectivity index (χ0) is 24.9. The molecule has 3 aromatic carbocycles. The number of ether oxygens (including phenoxy) is 3. The van der Waals surface area contributed by atoms with Crippen molar-refractivity contribution in [2.24, 2.45) is 0 Å². The Morgan fingerprint density at radius 3 is 2.22 bits per heavy atom. The van der Waals surface area contributed by atoms with Crippen LogP contribution in [0.5, 0.6) is 0 Å². The maximum Gasteiger partial charge on any atom is 0.413 e. The van der Waals surface area contributed by atoms with Gasteiger partial charge in [0.05, 0.1) is 0 Å². The number of rotatable bonds is 7. The number of carbonyl (C=O) groups excluding carboxylic acids is 3. The molecular weight excluding hydrogens is 460 g/mol. The highest BCUT2D eigenvalue weighted by atomic mass is 16.6. The third kappa shape index (κ3) is 4.88. The number of esters is 1. The first-order valence-electron chi connectivity index (χ1n) is 11.8. The molecule has 0 saturated carbocycles. The molecule has 1 aliphatic carbocycles. The van der Waals surface area contributed by atoms with Gasteiger partial charge in [-0.15, -0.1) is 0 Å². The summed E-state index contributed by atoms with van der Waals surface area (Å²) in [6, 6.07) is 24.6. The number of hydrogen-bond acceptors (Lipinski definition) is 6. The van der Waals surface area contributed by atoms with Crippen LogP contribution >= 0.6 is 0 Å². The lowest BCUT2D eigenvalue weighted by Crippen LogP contribution is -2.41. The zero-order valence-corrected chi connectivity index (χ0v) is 19.6. The summed E-state index contributed by atoms with van der Waals surface area (Å²) in [6.07, 6.45) is -1.04. The molecule has 1 saturated heterocycles. The van der Waals surface area contributed by atoms with Gasteiger partial charge in [-0.25, -0.2) is 14.4 Å².